The summed E-state index contributed by atoms with van der Waals surface area (Å²) >= 11 is 0. The van der Waals surface area contributed by atoms with E-state index in [1.807, 2.05) is 19.9 Å². The second-order valence-corrected chi connectivity index (χ2v) is 6.46. The van der Waals surface area contributed by atoms with Gasteiger partial charge in [-0.15, -0.1) is 0 Å². The lowest BCUT2D eigenvalue weighted by Gasteiger charge is -2.07. The molecular weight excluding hydrogens is 304 g/mol. The number of hydrogen-bond donors (Lipinski definition) is 0. The van der Waals surface area contributed by atoms with Gasteiger partial charge in [0, 0.05) is 12.8 Å². The smallest absolute Gasteiger partial charge is 0.306 e. The monoisotopic (exact) mass is 340 g/mol. The minimum Gasteiger partial charge on any atom is -0.463 e. The summed E-state index contributed by atoms with van der Waals surface area (Å²) in [6.07, 6.45) is 15.1. The molecule has 0 aromatic rings. The molecule has 0 atom stereocenters. The Bertz CT molecular complexity index is 348. The Morgan fingerprint density at radius 1 is 0.833 bits per heavy atom. The van der Waals surface area contributed by atoms with Gasteiger partial charge in [-0.25, -0.2) is 0 Å². The van der Waals surface area contributed by atoms with Gasteiger partial charge >= 0.3 is 11.9 Å². The molecule has 0 N–H and O–H groups in total. The zero-order valence-corrected chi connectivity index (χ0v) is 15.9. The SMILES string of the molecule is CCCCCCCCC/C=C/COC(=O)CCCC(=O)OC(C)C. The number of rotatable bonds is 15. The highest BCUT2D eigenvalue weighted by Crippen LogP contribution is 2.08. The summed E-state index contributed by atoms with van der Waals surface area (Å²) in [5.41, 5.74) is 0. The third-order valence-electron chi connectivity index (χ3n) is 3.61. The number of esters is 2. The van der Waals surface area contributed by atoms with E-state index < -0.39 is 0 Å². The van der Waals surface area contributed by atoms with E-state index in [1.54, 1.807) is 0 Å². The average Bonchev–Trinajstić information content (AvgIpc) is 2.52. The van der Waals surface area contributed by atoms with Crippen LogP contribution in [-0.4, -0.2) is 24.6 Å². The van der Waals surface area contributed by atoms with Crippen molar-refractivity contribution in [1.82, 2.24) is 0 Å². The van der Waals surface area contributed by atoms with Crippen molar-refractivity contribution in [2.75, 3.05) is 6.61 Å². The molecule has 0 aromatic carbocycles. The van der Waals surface area contributed by atoms with Crippen LogP contribution >= 0.6 is 0 Å². The molecule has 24 heavy (non-hydrogen) atoms. The summed E-state index contributed by atoms with van der Waals surface area (Å²) in [5, 5.41) is 0. The Hall–Kier alpha value is -1.32. The molecule has 0 aliphatic rings. The minimum atomic E-state index is -0.257. The number of unbranched alkanes of at least 4 members (excludes halogenated alkanes) is 7. The van der Waals surface area contributed by atoms with Crippen LogP contribution in [0.25, 0.3) is 0 Å². The summed E-state index contributed by atoms with van der Waals surface area (Å²) in [6.45, 7) is 6.18. The van der Waals surface area contributed by atoms with Gasteiger partial charge in [-0.3, -0.25) is 9.59 Å². The third-order valence-corrected chi connectivity index (χ3v) is 3.61. The highest BCUT2D eigenvalue weighted by molar-refractivity contribution is 5.72. The Morgan fingerprint density at radius 2 is 1.46 bits per heavy atom. The molecular formula is C20H36O4. The summed E-state index contributed by atoms with van der Waals surface area (Å²) in [6, 6.07) is 0. The third kappa shape index (κ3) is 17.0. The van der Waals surface area contributed by atoms with E-state index in [1.165, 1.54) is 44.9 Å². The van der Waals surface area contributed by atoms with E-state index in [0.29, 0.717) is 13.0 Å². The Morgan fingerprint density at radius 3 is 2.12 bits per heavy atom. The molecule has 0 rings (SSSR count). The van der Waals surface area contributed by atoms with Crippen LogP contribution in [0.3, 0.4) is 0 Å². The van der Waals surface area contributed by atoms with Crippen LogP contribution in [0.2, 0.25) is 0 Å². The van der Waals surface area contributed by atoms with Gasteiger partial charge < -0.3 is 9.47 Å². The van der Waals surface area contributed by atoms with Crippen LogP contribution in [0.15, 0.2) is 12.2 Å². The van der Waals surface area contributed by atoms with E-state index in [0.717, 1.165) is 6.42 Å². The fraction of sp³-hybridized carbons (Fsp3) is 0.800. The van der Waals surface area contributed by atoms with Crippen molar-refractivity contribution in [2.24, 2.45) is 0 Å². The molecule has 0 bridgehead atoms. The van der Waals surface area contributed by atoms with Crippen molar-refractivity contribution in [2.45, 2.75) is 97.5 Å². The second-order valence-electron chi connectivity index (χ2n) is 6.46. The molecule has 0 amide bonds. The molecule has 4 nitrogen and oxygen atoms in total. The normalized spacial score (nSPS) is 11.2. The van der Waals surface area contributed by atoms with Crippen LogP contribution in [0.5, 0.6) is 0 Å². The van der Waals surface area contributed by atoms with Crippen LogP contribution in [0, 0.1) is 0 Å². The van der Waals surface area contributed by atoms with E-state index in [2.05, 4.69) is 13.0 Å². The molecule has 0 aromatic heterocycles. The fourth-order valence-corrected chi connectivity index (χ4v) is 2.32. The molecule has 0 radical (unpaired) electrons. The fourth-order valence-electron chi connectivity index (χ4n) is 2.32. The Labute approximate surface area is 148 Å². The van der Waals surface area contributed by atoms with Crippen molar-refractivity contribution in [3.63, 3.8) is 0 Å². The highest BCUT2D eigenvalue weighted by atomic mass is 16.5. The minimum absolute atomic E-state index is 0.106. The maximum Gasteiger partial charge on any atom is 0.306 e. The predicted octanol–water partition coefficient (Wildman–Crippen LogP) is 5.35. The second kappa shape index (κ2) is 16.5. The molecule has 4 heteroatoms. The first-order valence-corrected chi connectivity index (χ1v) is 9.56. The van der Waals surface area contributed by atoms with Crippen LogP contribution in [0.4, 0.5) is 0 Å². The largest absolute Gasteiger partial charge is 0.463 e. The van der Waals surface area contributed by atoms with Crippen molar-refractivity contribution in [1.29, 1.82) is 0 Å². The standard InChI is InChI=1S/C20H36O4/c1-4-5-6-7-8-9-10-11-12-13-17-23-19(21)15-14-16-20(22)24-18(2)3/h12-13,18H,4-11,14-17H2,1-3H3/b13-12+. The highest BCUT2D eigenvalue weighted by Gasteiger charge is 2.08. The summed E-state index contributed by atoms with van der Waals surface area (Å²) in [7, 11) is 0. The van der Waals surface area contributed by atoms with E-state index in [-0.39, 0.29) is 30.9 Å². The average molecular weight is 341 g/mol. The molecule has 0 saturated heterocycles. The van der Waals surface area contributed by atoms with Gasteiger partial charge in [0.1, 0.15) is 6.61 Å². The van der Waals surface area contributed by atoms with Crippen LogP contribution in [0.1, 0.15) is 91.4 Å². The van der Waals surface area contributed by atoms with E-state index in [4.69, 9.17) is 9.47 Å². The molecule has 0 aliphatic carbocycles. The summed E-state index contributed by atoms with van der Waals surface area (Å²) < 4.78 is 10.1. The quantitative estimate of drug-likeness (QED) is 0.229. The lowest BCUT2D eigenvalue weighted by atomic mass is 10.1. The molecule has 0 fully saturated rings. The lowest BCUT2D eigenvalue weighted by molar-refractivity contribution is -0.148. The van der Waals surface area contributed by atoms with Gasteiger partial charge in [-0.05, 0) is 33.1 Å². The van der Waals surface area contributed by atoms with Crippen molar-refractivity contribution in [3.8, 4) is 0 Å². The Balaban J connectivity index is 3.40. The number of ether oxygens (including phenoxy) is 2. The molecule has 140 valence electrons. The van der Waals surface area contributed by atoms with Gasteiger partial charge in [-0.2, -0.15) is 0 Å². The summed E-state index contributed by atoms with van der Waals surface area (Å²) in [4.78, 5) is 22.8. The number of carbonyl (C=O) groups excluding carboxylic acids is 2. The van der Waals surface area contributed by atoms with Gasteiger partial charge in [0.25, 0.3) is 0 Å². The van der Waals surface area contributed by atoms with Crippen LogP contribution in [-0.2, 0) is 19.1 Å². The van der Waals surface area contributed by atoms with E-state index >= 15 is 0 Å². The van der Waals surface area contributed by atoms with E-state index in [9.17, 15) is 9.59 Å². The number of carbonyl (C=O) groups is 2. The Kier molecular flexibility index (Phi) is 15.6. The van der Waals surface area contributed by atoms with Crippen molar-refractivity contribution in [3.05, 3.63) is 12.2 Å². The van der Waals surface area contributed by atoms with Crippen LogP contribution < -0.4 is 0 Å². The van der Waals surface area contributed by atoms with Crippen molar-refractivity contribution < 1.29 is 19.1 Å². The lowest BCUT2D eigenvalue weighted by Crippen LogP contribution is -2.12. The molecule has 0 unspecified atom stereocenters. The maximum absolute atomic E-state index is 11.5. The van der Waals surface area contributed by atoms with Gasteiger partial charge in [-0.1, -0.05) is 57.6 Å². The molecule has 0 spiro atoms. The zero-order valence-electron chi connectivity index (χ0n) is 15.9. The van der Waals surface area contributed by atoms with Gasteiger partial charge in [0.05, 0.1) is 6.10 Å². The molecule has 0 aliphatic heterocycles. The molecule has 0 saturated carbocycles. The number of hydrogen-bond acceptors (Lipinski definition) is 4. The first-order chi connectivity index (χ1) is 11.6. The predicted molar refractivity (Wildman–Crippen MR) is 97.8 cm³/mol. The van der Waals surface area contributed by atoms with Crippen molar-refractivity contribution >= 4 is 11.9 Å². The topological polar surface area (TPSA) is 52.6 Å². The maximum atomic E-state index is 11.5. The molecule has 0 heterocycles. The van der Waals surface area contributed by atoms with Gasteiger partial charge in [0.2, 0.25) is 0 Å². The zero-order chi connectivity index (χ0) is 18.0. The number of allylic oxidation sites excluding steroid dienone is 1. The van der Waals surface area contributed by atoms with Gasteiger partial charge in [0.15, 0.2) is 0 Å². The first-order valence-electron chi connectivity index (χ1n) is 9.56. The summed E-state index contributed by atoms with van der Waals surface area (Å²) in [5.74, 6) is -0.514. The first kappa shape index (κ1) is 22.7.